The van der Waals surface area contributed by atoms with Crippen LogP contribution in [0.15, 0.2) is 11.9 Å². The number of hydrogen-bond acceptors (Lipinski definition) is 2. The van der Waals surface area contributed by atoms with Crippen LogP contribution >= 0.6 is 0 Å². The molecule has 1 aliphatic rings. The predicted octanol–water partition coefficient (Wildman–Crippen LogP) is 4.89. The third-order valence-electron chi connectivity index (χ3n) is 3.74. The molecule has 1 heterocycles. The summed E-state index contributed by atoms with van der Waals surface area (Å²) in [5.74, 6) is 1.20. The molecule has 0 aliphatic carbocycles. The largest absolute Gasteiger partial charge is 0.296 e. The van der Waals surface area contributed by atoms with Crippen molar-refractivity contribution >= 4 is 5.84 Å². The number of unbranched alkanes of at least 4 members (excludes halogenated alkanes) is 8. The number of nitrogens with one attached hydrogen (secondary N) is 1. The normalized spacial score (nSPS) is 14.2. The molecule has 0 fully saturated rings. The molecule has 0 saturated carbocycles. The van der Waals surface area contributed by atoms with E-state index in [4.69, 9.17) is 0 Å². The molecule has 1 radical (unpaired) electrons. The highest BCUT2D eigenvalue weighted by Crippen LogP contribution is 2.11. The van der Waals surface area contributed by atoms with Crippen LogP contribution in [0.3, 0.4) is 0 Å². The van der Waals surface area contributed by atoms with Gasteiger partial charge in [0.25, 0.3) is 5.84 Å². The quantitative estimate of drug-likeness (QED) is 0.499. The molecule has 0 bridgehead atoms. The maximum absolute atomic E-state index is 4.69. The van der Waals surface area contributed by atoms with Crippen molar-refractivity contribution in [1.82, 2.24) is 10.3 Å². The number of nitrogens with zero attached hydrogens (tertiary/aromatic N) is 1. The molecule has 1 N–H and O–H groups in total. The Kier molecular flexibility index (Phi) is 9.48. The molecule has 19 heavy (non-hydrogen) atoms. The van der Waals surface area contributed by atoms with Crippen LogP contribution in [0.1, 0.15) is 90.9 Å². The lowest BCUT2D eigenvalue weighted by Gasteiger charge is -1.97. The van der Waals surface area contributed by atoms with Gasteiger partial charge in [0.15, 0.2) is 5.70 Å². The molecule has 0 atom stereocenters. The number of hydrogen-bond donors (Lipinski definition) is 1. The SMILES string of the molecule is CCCCCCCCC1=[N+]C(CCCCCC)=CN1. The van der Waals surface area contributed by atoms with Crippen molar-refractivity contribution < 1.29 is 0 Å². The summed E-state index contributed by atoms with van der Waals surface area (Å²) in [4.78, 5) is 4.69. The van der Waals surface area contributed by atoms with Crippen molar-refractivity contribution in [3.05, 3.63) is 11.9 Å². The van der Waals surface area contributed by atoms with Crippen LogP contribution in [-0.2, 0) is 0 Å². The standard InChI is InChI=1S/C17H32N2/c1-3-5-7-9-10-12-14-17-18-15-16(19-17)13-11-8-6-4-2/h15,18H,3-14H2,1-2H3/q+1. The van der Waals surface area contributed by atoms with E-state index >= 15 is 0 Å². The topological polar surface area (TPSA) is 26.1 Å². The van der Waals surface area contributed by atoms with Gasteiger partial charge in [0.2, 0.25) is 0 Å². The molecule has 0 saturated heterocycles. The van der Waals surface area contributed by atoms with E-state index < -0.39 is 0 Å². The van der Waals surface area contributed by atoms with Gasteiger partial charge in [0, 0.05) is 6.42 Å². The Morgan fingerprint density at radius 3 is 2.11 bits per heavy atom. The summed E-state index contributed by atoms with van der Waals surface area (Å²) in [7, 11) is 0. The molecule has 2 nitrogen and oxygen atoms in total. The molecule has 0 aromatic carbocycles. The second kappa shape index (κ2) is 11.1. The molecular weight excluding hydrogens is 232 g/mol. The lowest BCUT2D eigenvalue weighted by Crippen LogP contribution is -2.16. The molecule has 0 aromatic heterocycles. The lowest BCUT2D eigenvalue weighted by atomic mass is 10.1. The zero-order valence-corrected chi connectivity index (χ0v) is 13.0. The lowest BCUT2D eigenvalue weighted by molar-refractivity contribution is 0.614. The van der Waals surface area contributed by atoms with Crippen LogP contribution in [0.4, 0.5) is 0 Å². The van der Waals surface area contributed by atoms with E-state index in [1.54, 1.807) is 0 Å². The predicted molar refractivity (Wildman–Crippen MR) is 85.1 cm³/mol. The van der Waals surface area contributed by atoms with E-state index in [1.807, 2.05) is 0 Å². The van der Waals surface area contributed by atoms with Gasteiger partial charge < -0.3 is 0 Å². The molecule has 1 rings (SSSR count). The maximum Gasteiger partial charge on any atom is 0.296 e. The summed E-state index contributed by atoms with van der Waals surface area (Å²) in [6, 6.07) is 0. The highest BCUT2D eigenvalue weighted by Gasteiger charge is 2.18. The van der Waals surface area contributed by atoms with E-state index in [-0.39, 0.29) is 0 Å². The number of allylic oxidation sites excluding steroid dienone is 1. The molecule has 1 aliphatic heterocycles. The zero-order valence-electron chi connectivity index (χ0n) is 13.0. The highest BCUT2D eigenvalue weighted by atomic mass is 15.0. The van der Waals surface area contributed by atoms with Gasteiger partial charge in [-0.1, -0.05) is 65.2 Å². The molecule has 109 valence electrons. The average molecular weight is 264 g/mol. The minimum Gasteiger partial charge on any atom is -0.244 e. The van der Waals surface area contributed by atoms with Crippen molar-refractivity contribution in [2.45, 2.75) is 90.9 Å². The fourth-order valence-corrected chi connectivity index (χ4v) is 2.47. The summed E-state index contributed by atoms with van der Waals surface area (Å²) in [6.45, 7) is 4.53. The smallest absolute Gasteiger partial charge is 0.244 e. The highest BCUT2D eigenvalue weighted by molar-refractivity contribution is 5.84. The minimum atomic E-state index is 1.13. The van der Waals surface area contributed by atoms with Crippen LogP contribution in [0.5, 0.6) is 0 Å². The van der Waals surface area contributed by atoms with E-state index in [0.29, 0.717) is 0 Å². The van der Waals surface area contributed by atoms with Crippen LogP contribution in [0, 0.1) is 0 Å². The summed E-state index contributed by atoms with van der Waals surface area (Å²) in [5.41, 5.74) is 1.26. The second-order valence-electron chi connectivity index (χ2n) is 5.67. The van der Waals surface area contributed by atoms with E-state index in [2.05, 4.69) is 30.4 Å². The van der Waals surface area contributed by atoms with Gasteiger partial charge in [-0.2, -0.15) is 0 Å². The third-order valence-corrected chi connectivity index (χ3v) is 3.74. The van der Waals surface area contributed by atoms with Gasteiger partial charge >= 0.3 is 0 Å². The summed E-state index contributed by atoms with van der Waals surface area (Å²) < 4.78 is 0. The van der Waals surface area contributed by atoms with Gasteiger partial charge in [0.05, 0.1) is 6.42 Å². The molecular formula is C17H32N2+. The number of amidine groups is 1. The minimum absolute atomic E-state index is 1.13. The van der Waals surface area contributed by atoms with Crippen molar-refractivity contribution in [2.24, 2.45) is 0 Å². The Bertz CT molecular complexity index is 279. The number of aliphatic imine (C=N–C) groups is 1. The maximum atomic E-state index is 4.69. The van der Waals surface area contributed by atoms with Crippen LogP contribution in [-0.4, -0.2) is 5.84 Å². The van der Waals surface area contributed by atoms with Gasteiger partial charge in [0.1, 0.15) is 6.20 Å². The Morgan fingerprint density at radius 1 is 0.789 bits per heavy atom. The van der Waals surface area contributed by atoms with Gasteiger partial charge in [-0.05, 0) is 17.8 Å². The molecule has 0 amide bonds. The average Bonchev–Trinajstić information content (AvgIpc) is 2.87. The summed E-state index contributed by atoms with van der Waals surface area (Å²) in [5, 5.41) is 3.34. The van der Waals surface area contributed by atoms with Crippen molar-refractivity contribution in [2.75, 3.05) is 0 Å². The fourth-order valence-electron chi connectivity index (χ4n) is 2.47. The Balaban J connectivity index is 2.00. The van der Waals surface area contributed by atoms with E-state index in [9.17, 15) is 0 Å². The molecule has 0 aromatic rings. The first-order valence-corrected chi connectivity index (χ1v) is 8.40. The fraction of sp³-hybridized carbons (Fsp3) is 0.824. The summed E-state index contributed by atoms with van der Waals surface area (Å²) >= 11 is 0. The van der Waals surface area contributed by atoms with Crippen molar-refractivity contribution in [1.29, 1.82) is 0 Å². The molecule has 0 unspecified atom stereocenters. The second-order valence-corrected chi connectivity index (χ2v) is 5.67. The van der Waals surface area contributed by atoms with Crippen molar-refractivity contribution in [3.8, 4) is 0 Å². The van der Waals surface area contributed by atoms with E-state index in [0.717, 1.165) is 12.8 Å². The summed E-state index contributed by atoms with van der Waals surface area (Å²) in [6.07, 6.45) is 17.8. The van der Waals surface area contributed by atoms with Gasteiger partial charge in [-0.3, -0.25) is 0 Å². The first-order valence-electron chi connectivity index (χ1n) is 8.40. The Hall–Kier alpha value is -0.790. The Labute approximate surface area is 119 Å². The number of rotatable bonds is 12. The first kappa shape index (κ1) is 16.3. The van der Waals surface area contributed by atoms with Gasteiger partial charge in [-0.15, -0.1) is 0 Å². The molecule has 2 heteroatoms. The monoisotopic (exact) mass is 264 g/mol. The van der Waals surface area contributed by atoms with Crippen LogP contribution in [0.2, 0.25) is 0 Å². The zero-order chi connectivity index (χ0) is 13.8. The third kappa shape index (κ3) is 8.07. The van der Waals surface area contributed by atoms with Crippen LogP contribution < -0.4 is 10.3 Å². The van der Waals surface area contributed by atoms with E-state index in [1.165, 1.54) is 75.7 Å². The first-order chi connectivity index (χ1) is 9.36. The van der Waals surface area contributed by atoms with Gasteiger partial charge in [-0.25, -0.2) is 5.32 Å². The molecule has 0 spiro atoms. The van der Waals surface area contributed by atoms with Crippen molar-refractivity contribution in [3.63, 3.8) is 0 Å². The Morgan fingerprint density at radius 2 is 1.37 bits per heavy atom. The van der Waals surface area contributed by atoms with Crippen LogP contribution in [0.25, 0.3) is 0 Å².